The topological polar surface area (TPSA) is 72.2 Å². The first kappa shape index (κ1) is 12.1. The number of rotatable bonds is 2. The molecular weight excluding hydrogens is 332 g/mol. The monoisotopic (exact) mass is 336 g/mol. The van der Waals surface area contributed by atoms with E-state index < -0.39 is 4.92 Å². The van der Waals surface area contributed by atoms with Gasteiger partial charge in [-0.25, -0.2) is 0 Å². The fourth-order valence-electron chi connectivity index (χ4n) is 0.961. The molecule has 0 unspecified atom stereocenters. The molecule has 0 aromatic heterocycles. The van der Waals surface area contributed by atoms with E-state index in [1.165, 1.54) is 19.1 Å². The molecule has 1 aromatic rings. The molecule has 7 heteroatoms. The molecule has 0 saturated heterocycles. The predicted molar refractivity (Wildman–Crippen MR) is 62.8 cm³/mol. The maximum Gasteiger partial charge on any atom is 0.271 e. The van der Waals surface area contributed by atoms with E-state index in [-0.39, 0.29) is 11.6 Å². The van der Waals surface area contributed by atoms with Crippen molar-refractivity contribution in [1.82, 2.24) is 0 Å². The number of benzene rings is 1. The maximum absolute atomic E-state index is 10.8. The Bertz CT molecular complexity index is 411. The van der Waals surface area contributed by atoms with E-state index in [1.54, 1.807) is 0 Å². The number of hydrogen-bond acceptors (Lipinski definition) is 3. The van der Waals surface area contributed by atoms with Crippen LogP contribution in [0.2, 0.25) is 0 Å². The molecule has 0 fully saturated rings. The molecule has 1 amide bonds. The van der Waals surface area contributed by atoms with E-state index in [0.717, 1.165) is 0 Å². The summed E-state index contributed by atoms with van der Waals surface area (Å²) in [5.41, 5.74) is 0.427. The van der Waals surface area contributed by atoms with Crippen LogP contribution in [0.25, 0.3) is 0 Å². The van der Waals surface area contributed by atoms with Crippen LogP contribution < -0.4 is 5.32 Å². The van der Waals surface area contributed by atoms with E-state index in [1.807, 2.05) is 0 Å². The van der Waals surface area contributed by atoms with Gasteiger partial charge in [0.05, 0.1) is 10.6 Å². The molecule has 0 spiro atoms. The van der Waals surface area contributed by atoms with Crippen LogP contribution in [0.15, 0.2) is 21.1 Å². The minimum absolute atomic E-state index is 0.0529. The van der Waals surface area contributed by atoms with Gasteiger partial charge in [-0.2, -0.15) is 0 Å². The number of nitrogens with one attached hydrogen (secondary N) is 1. The predicted octanol–water partition coefficient (Wildman–Crippen LogP) is 3.08. The third kappa shape index (κ3) is 3.00. The summed E-state index contributed by atoms with van der Waals surface area (Å²) >= 11 is 6.29. The molecule has 15 heavy (non-hydrogen) atoms. The van der Waals surface area contributed by atoms with Crippen LogP contribution in [0.4, 0.5) is 11.4 Å². The smallest absolute Gasteiger partial charge is 0.271 e. The van der Waals surface area contributed by atoms with Crippen molar-refractivity contribution in [3.63, 3.8) is 0 Å². The number of nitro groups is 1. The van der Waals surface area contributed by atoms with Crippen LogP contribution in [0.1, 0.15) is 6.92 Å². The van der Waals surface area contributed by atoms with Crippen molar-refractivity contribution in [3.8, 4) is 0 Å². The van der Waals surface area contributed by atoms with Crippen LogP contribution in [0.5, 0.6) is 0 Å². The molecule has 0 bridgehead atoms. The van der Waals surface area contributed by atoms with Crippen molar-refractivity contribution >= 4 is 49.1 Å². The number of halogens is 2. The van der Waals surface area contributed by atoms with Gasteiger partial charge in [0.15, 0.2) is 0 Å². The number of nitro benzene ring substituents is 1. The molecule has 0 radical (unpaired) electrons. The zero-order chi connectivity index (χ0) is 11.6. The lowest BCUT2D eigenvalue weighted by Gasteiger charge is -2.07. The number of carbonyl (C=O) groups is 1. The molecule has 0 aliphatic heterocycles. The highest BCUT2D eigenvalue weighted by molar-refractivity contribution is 9.11. The molecule has 5 nitrogen and oxygen atoms in total. The Balaban J connectivity index is 3.21. The fourth-order valence-corrected chi connectivity index (χ4v) is 2.32. The number of hydrogen-bond donors (Lipinski definition) is 1. The lowest BCUT2D eigenvalue weighted by Crippen LogP contribution is -2.07. The van der Waals surface area contributed by atoms with Gasteiger partial charge in [-0.15, -0.1) is 0 Å². The Morgan fingerprint density at radius 1 is 1.40 bits per heavy atom. The Morgan fingerprint density at radius 2 is 1.87 bits per heavy atom. The molecule has 0 heterocycles. The lowest BCUT2D eigenvalue weighted by molar-refractivity contribution is -0.385. The summed E-state index contributed by atoms with van der Waals surface area (Å²) in [4.78, 5) is 20.9. The normalized spacial score (nSPS) is 9.80. The van der Waals surface area contributed by atoms with Crippen molar-refractivity contribution in [2.75, 3.05) is 5.32 Å². The molecule has 0 aliphatic rings. The van der Waals surface area contributed by atoms with E-state index >= 15 is 0 Å². The molecule has 0 saturated carbocycles. The highest BCUT2D eigenvalue weighted by atomic mass is 79.9. The minimum atomic E-state index is -0.507. The average molecular weight is 338 g/mol. The highest BCUT2D eigenvalue weighted by Crippen LogP contribution is 2.34. The molecule has 1 aromatic carbocycles. The van der Waals surface area contributed by atoms with Crippen molar-refractivity contribution in [2.45, 2.75) is 6.92 Å². The van der Waals surface area contributed by atoms with E-state index in [2.05, 4.69) is 37.2 Å². The van der Waals surface area contributed by atoms with Gasteiger partial charge < -0.3 is 5.32 Å². The standard InChI is InChI=1S/C8H6Br2N2O3/c1-4(13)11-8-6(9)2-5(12(14)15)3-7(8)10/h2-3H,1H3,(H,11,13). The second-order valence-corrected chi connectivity index (χ2v) is 4.43. The summed E-state index contributed by atoms with van der Waals surface area (Å²) in [6, 6.07) is 2.66. The number of non-ortho nitro benzene ring substituents is 1. The first-order valence-corrected chi connectivity index (χ1v) is 5.41. The summed E-state index contributed by atoms with van der Waals surface area (Å²) < 4.78 is 0.914. The minimum Gasteiger partial charge on any atom is -0.324 e. The molecular formula is C8H6Br2N2O3. The van der Waals surface area contributed by atoms with Crippen LogP contribution in [0.3, 0.4) is 0 Å². The van der Waals surface area contributed by atoms with Gasteiger partial charge in [-0.3, -0.25) is 14.9 Å². The van der Waals surface area contributed by atoms with E-state index in [0.29, 0.717) is 14.6 Å². The summed E-state index contributed by atoms with van der Waals surface area (Å²) in [6.07, 6.45) is 0. The number of amides is 1. The molecule has 1 N–H and O–H groups in total. The van der Waals surface area contributed by atoms with Gasteiger partial charge in [-0.05, 0) is 31.9 Å². The second-order valence-electron chi connectivity index (χ2n) is 2.72. The first-order chi connectivity index (χ1) is 6.91. The first-order valence-electron chi connectivity index (χ1n) is 3.83. The van der Waals surface area contributed by atoms with E-state index in [4.69, 9.17) is 0 Å². The van der Waals surface area contributed by atoms with Crippen LogP contribution >= 0.6 is 31.9 Å². The Morgan fingerprint density at radius 3 is 2.20 bits per heavy atom. The SMILES string of the molecule is CC(=O)Nc1c(Br)cc([N+](=O)[O-])cc1Br. The maximum atomic E-state index is 10.8. The van der Waals surface area contributed by atoms with E-state index in [9.17, 15) is 14.9 Å². The second kappa shape index (κ2) is 4.71. The summed E-state index contributed by atoms with van der Waals surface area (Å²) in [5.74, 6) is -0.245. The van der Waals surface area contributed by atoms with Crippen LogP contribution in [-0.4, -0.2) is 10.8 Å². The van der Waals surface area contributed by atoms with Gasteiger partial charge in [0.1, 0.15) is 0 Å². The van der Waals surface area contributed by atoms with Crippen molar-refractivity contribution in [3.05, 3.63) is 31.2 Å². The Labute approximate surface area is 102 Å². The van der Waals surface area contributed by atoms with Gasteiger partial charge >= 0.3 is 0 Å². The Kier molecular flexibility index (Phi) is 3.81. The summed E-state index contributed by atoms with van der Waals surface area (Å²) in [7, 11) is 0. The van der Waals surface area contributed by atoms with Crippen molar-refractivity contribution in [1.29, 1.82) is 0 Å². The van der Waals surface area contributed by atoms with Gasteiger partial charge in [0, 0.05) is 28.0 Å². The van der Waals surface area contributed by atoms with Crippen molar-refractivity contribution in [2.24, 2.45) is 0 Å². The largest absolute Gasteiger partial charge is 0.324 e. The number of anilines is 1. The quantitative estimate of drug-likeness (QED) is 0.665. The van der Waals surface area contributed by atoms with Crippen LogP contribution in [0, 0.1) is 10.1 Å². The van der Waals surface area contributed by atoms with Crippen LogP contribution in [-0.2, 0) is 4.79 Å². The fraction of sp³-hybridized carbons (Fsp3) is 0.125. The lowest BCUT2D eigenvalue weighted by atomic mass is 10.3. The zero-order valence-corrected chi connectivity index (χ0v) is 10.8. The summed E-state index contributed by atoms with van der Waals surface area (Å²) in [5, 5.41) is 13.1. The van der Waals surface area contributed by atoms with Gasteiger partial charge in [0.2, 0.25) is 5.91 Å². The third-order valence-electron chi connectivity index (χ3n) is 1.54. The molecule has 80 valence electrons. The number of nitrogens with zero attached hydrogens (tertiary/aromatic N) is 1. The molecule has 1 rings (SSSR count). The third-order valence-corrected chi connectivity index (χ3v) is 2.79. The zero-order valence-electron chi connectivity index (χ0n) is 7.58. The van der Waals surface area contributed by atoms with Gasteiger partial charge in [0.25, 0.3) is 5.69 Å². The molecule has 0 aliphatic carbocycles. The summed E-state index contributed by atoms with van der Waals surface area (Å²) in [6.45, 7) is 1.36. The van der Waals surface area contributed by atoms with Gasteiger partial charge in [-0.1, -0.05) is 0 Å². The number of carbonyl (C=O) groups excluding carboxylic acids is 1. The molecule has 0 atom stereocenters. The van der Waals surface area contributed by atoms with Crippen molar-refractivity contribution < 1.29 is 9.72 Å². The Hall–Kier alpha value is -0.950. The highest BCUT2D eigenvalue weighted by Gasteiger charge is 2.14. The average Bonchev–Trinajstić information content (AvgIpc) is 2.10.